The first-order valence-corrected chi connectivity index (χ1v) is 10.5. The number of aromatic nitrogens is 3. The second-order valence-corrected chi connectivity index (χ2v) is 7.36. The topological polar surface area (TPSA) is 68.0 Å². The van der Waals surface area contributed by atoms with Gasteiger partial charge < -0.3 is 5.11 Å². The van der Waals surface area contributed by atoms with Crippen LogP contribution in [0.1, 0.15) is 67.1 Å². The van der Waals surface area contributed by atoms with Crippen LogP contribution in [0.3, 0.4) is 0 Å². The van der Waals surface area contributed by atoms with E-state index >= 15 is 0 Å². The Hall–Kier alpha value is -2.95. The Morgan fingerprint density at radius 3 is 2.41 bits per heavy atom. The molecule has 0 aliphatic heterocycles. The molecule has 5 nitrogen and oxygen atoms in total. The maximum Gasteiger partial charge on any atom is 0.336 e. The van der Waals surface area contributed by atoms with E-state index in [2.05, 4.69) is 13.8 Å². The van der Waals surface area contributed by atoms with E-state index in [1.165, 1.54) is 12.8 Å². The number of carbonyl (C=O) groups is 1. The van der Waals surface area contributed by atoms with Crippen LogP contribution >= 0.6 is 0 Å². The van der Waals surface area contributed by atoms with Crippen LogP contribution in [0, 0.1) is 0 Å². The summed E-state index contributed by atoms with van der Waals surface area (Å²) in [4.78, 5) is 16.2. The van der Waals surface area contributed by atoms with Crippen LogP contribution in [0.5, 0.6) is 0 Å². The third-order valence-corrected chi connectivity index (χ3v) is 5.02. The molecule has 3 rings (SSSR count). The van der Waals surface area contributed by atoms with Crippen molar-refractivity contribution >= 4 is 5.97 Å². The molecule has 0 aliphatic rings. The first-order chi connectivity index (χ1) is 14.1. The standard InChI is InChI=1S/C24H29N3O2/c1-3-5-6-12-23-25-22(9-4-2)26-27(23)17-18-13-15-19(16-14-18)20-10-7-8-11-21(20)24(28)29/h7-8,10-11,13-16H,3-6,9,12,17H2,1-2H3,(H,28,29). The summed E-state index contributed by atoms with van der Waals surface area (Å²) in [5, 5.41) is 14.1. The van der Waals surface area contributed by atoms with E-state index in [0.717, 1.165) is 54.0 Å². The Morgan fingerprint density at radius 2 is 1.72 bits per heavy atom. The van der Waals surface area contributed by atoms with Crippen molar-refractivity contribution in [3.63, 3.8) is 0 Å². The van der Waals surface area contributed by atoms with Gasteiger partial charge in [-0.1, -0.05) is 69.2 Å². The number of carboxylic acids is 1. The van der Waals surface area contributed by atoms with E-state index in [0.29, 0.717) is 12.1 Å². The van der Waals surface area contributed by atoms with Crippen molar-refractivity contribution in [3.05, 3.63) is 71.3 Å². The molecular weight excluding hydrogens is 362 g/mol. The molecule has 1 N–H and O–H groups in total. The largest absolute Gasteiger partial charge is 0.478 e. The second-order valence-electron chi connectivity index (χ2n) is 7.36. The first-order valence-electron chi connectivity index (χ1n) is 10.5. The number of hydrogen-bond acceptors (Lipinski definition) is 3. The zero-order valence-electron chi connectivity index (χ0n) is 17.3. The highest BCUT2D eigenvalue weighted by atomic mass is 16.4. The smallest absolute Gasteiger partial charge is 0.336 e. The molecule has 3 aromatic rings. The average Bonchev–Trinajstić information content (AvgIpc) is 3.10. The van der Waals surface area contributed by atoms with Crippen LogP contribution in [0.4, 0.5) is 0 Å². The summed E-state index contributed by atoms with van der Waals surface area (Å²) in [5.41, 5.74) is 3.09. The molecule has 0 bridgehead atoms. The van der Waals surface area contributed by atoms with E-state index < -0.39 is 5.97 Å². The molecule has 1 aromatic heterocycles. The lowest BCUT2D eigenvalue weighted by atomic mass is 9.99. The molecule has 1 heterocycles. The van der Waals surface area contributed by atoms with Crippen molar-refractivity contribution < 1.29 is 9.90 Å². The highest BCUT2D eigenvalue weighted by Crippen LogP contribution is 2.24. The quantitative estimate of drug-likeness (QED) is 0.471. The van der Waals surface area contributed by atoms with Gasteiger partial charge in [0.2, 0.25) is 0 Å². The predicted molar refractivity (Wildman–Crippen MR) is 115 cm³/mol. The Labute approximate surface area is 172 Å². The third kappa shape index (κ3) is 5.31. The highest BCUT2D eigenvalue weighted by Gasteiger charge is 2.12. The summed E-state index contributed by atoms with van der Waals surface area (Å²) in [5.74, 6) is 1.07. The molecule has 0 saturated heterocycles. The molecule has 0 amide bonds. The van der Waals surface area contributed by atoms with Gasteiger partial charge in [-0.3, -0.25) is 0 Å². The lowest BCUT2D eigenvalue weighted by Gasteiger charge is -2.09. The van der Waals surface area contributed by atoms with E-state index in [1.807, 2.05) is 41.1 Å². The number of hydrogen-bond donors (Lipinski definition) is 1. The molecule has 152 valence electrons. The number of aryl methyl sites for hydroxylation is 2. The Morgan fingerprint density at radius 1 is 0.966 bits per heavy atom. The molecule has 0 fully saturated rings. The molecule has 0 spiro atoms. The van der Waals surface area contributed by atoms with Gasteiger partial charge in [-0.2, -0.15) is 5.10 Å². The molecule has 2 aromatic carbocycles. The van der Waals surface area contributed by atoms with Gasteiger partial charge in [0, 0.05) is 12.8 Å². The van der Waals surface area contributed by atoms with Crippen molar-refractivity contribution in [2.45, 2.75) is 58.9 Å². The minimum Gasteiger partial charge on any atom is -0.478 e. The van der Waals surface area contributed by atoms with Gasteiger partial charge in [0.25, 0.3) is 0 Å². The third-order valence-electron chi connectivity index (χ3n) is 5.02. The highest BCUT2D eigenvalue weighted by molar-refractivity contribution is 5.95. The minimum atomic E-state index is -0.910. The van der Waals surface area contributed by atoms with E-state index in [1.54, 1.807) is 12.1 Å². The number of benzene rings is 2. The van der Waals surface area contributed by atoms with Crippen LogP contribution in [0.15, 0.2) is 48.5 Å². The van der Waals surface area contributed by atoms with Gasteiger partial charge in [0.1, 0.15) is 5.82 Å². The molecule has 5 heteroatoms. The number of unbranched alkanes of at least 4 members (excludes halogenated alkanes) is 2. The monoisotopic (exact) mass is 391 g/mol. The van der Waals surface area contributed by atoms with Crippen LogP contribution in [-0.2, 0) is 19.4 Å². The fraction of sp³-hybridized carbons (Fsp3) is 0.375. The zero-order chi connectivity index (χ0) is 20.6. The van der Waals surface area contributed by atoms with Crippen LogP contribution in [-0.4, -0.2) is 25.8 Å². The fourth-order valence-corrected chi connectivity index (χ4v) is 3.48. The van der Waals surface area contributed by atoms with Crippen LogP contribution in [0.2, 0.25) is 0 Å². The Bertz CT molecular complexity index is 945. The molecule has 0 unspecified atom stereocenters. The zero-order valence-corrected chi connectivity index (χ0v) is 17.3. The van der Waals surface area contributed by atoms with Crippen LogP contribution in [0.25, 0.3) is 11.1 Å². The lowest BCUT2D eigenvalue weighted by molar-refractivity contribution is 0.0697. The molecule has 0 atom stereocenters. The summed E-state index contributed by atoms with van der Waals surface area (Å²) >= 11 is 0. The van der Waals surface area contributed by atoms with Gasteiger partial charge in [0.05, 0.1) is 12.1 Å². The Kier molecular flexibility index (Phi) is 7.17. The number of aromatic carboxylic acids is 1. The molecule has 0 aliphatic carbocycles. The van der Waals surface area contributed by atoms with Gasteiger partial charge in [-0.15, -0.1) is 0 Å². The summed E-state index contributed by atoms with van der Waals surface area (Å²) in [6.45, 7) is 5.03. The van der Waals surface area contributed by atoms with E-state index in [4.69, 9.17) is 10.1 Å². The van der Waals surface area contributed by atoms with Crippen LogP contribution < -0.4 is 0 Å². The van der Waals surface area contributed by atoms with Crippen molar-refractivity contribution in [1.29, 1.82) is 0 Å². The summed E-state index contributed by atoms with van der Waals surface area (Å²) in [6.07, 6.45) is 6.41. The number of carboxylic acid groups (broad SMARTS) is 1. The second kappa shape index (κ2) is 10.0. The minimum absolute atomic E-state index is 0.318. The Balaban J connectivity index is 1.80. The lowest BCUT2D eigenvalue weighted by Crippen LogP contribution is -2.07. The maximum atomic E-state index is 11.5. The van der Waals surface area contributed by atoms with E-state index in [-0.39, 0.29) is 0 Å². The fourth-order valence-electron chi connectivity index (χ4n) is 3.48. The van der Waals surface area contributed by atoms with Gasteiger partial charge in [-0.25, -0.2) is 14.5 Å². The summed E-state index contributed by atoms with van der Waals surface area (Å²) < 4.78 is 2.03. The molecule has 0 saturated carbocycles. The van der Waals surface area contributed by atoms with Crippen molar-refractivity contribution in [3.8, 4) is 11.1 Å². The summed E-state index contributed by atoms with van der Waals surface area (Å²) in [6, 6.07) is 15.2. The van der Waals surface area contributed by atoms with Gasteiger partial charge >= 0.3 is 5.97 Å². The summed E-state index contributed by atoms with van der Waals surface area (Å²) in [7, 11) is 0. The molecule has 29 heavy (non-hydrogen) atoms. The first kappa shape index (κ1) is 20.8. The van der Waals surface area contributed by atoms with Gasteiger partial charge in [0.15, 0.2) is 5.82 Å². The van der Waals surface area contributed by atoms with Gasteiger partial charge in [-0.05, 0) is 35.6 Å². The van der Waals surface area contributed by atoms with Crippen molar-refractivity contribution in [2.24, 2.45) is 0 Å². The SMILES string of the molecule is CCCCCc1nc(CCC)nn1Cc1ccc(-c2ccccc2C(=O)O)cc1. The predicted octanol–water partition coefficient (Wildman–Crippen LogP) is 5.38. The normalized spacial score (nSPS) is 11.0. The molecule has 0 radical (unpaired) electrons. The maximum absolute atomic E-state index is 11.5. The van der Waals surface area contributed by atoms with Crippen molar-refractivity contribution in [2.75, 3.05) is 0 Å². The number of nitrogens with zero attached hydrogens (tertiary/aromatic N) is 3. The number of rotatable bonds is 10. The van der Waals surface area contributed by atoms with E-state index in [9.17, 15) is 9.90 Å². The molecular formula is C24H29N3O2. The average molecular weight is 392 g/mol. The van der Waals surface area contributed by atoms with Crippen molar-refractivity contribution in [1.82, 2.24) is 14.8 Å².